The number of hydrogen-bond donors (Lipinski definition) is 0. The van der Waals surface area contributed by atoms with Crippen molar-refractivity contribution in [2.75, 3.05) is 47.7 Å². The maximum absolute atomic E-state index is 15.8. The molecule has 3 rings (SSSR count). The number of nitrogens with zero attached hydrogens (tertiary/aromatic N) is 5. The second-order valence-electron chi connectivity index (χ2n) is 7.87. The average Bonchev–Trinajstić information content (AvgIpc) is 3.33. The normalized spacial score (nSPS) is 12.1. The lowest BCUT2D eigenvalue weighted by atomic mass is 10.1. The number of aromatic nitrogens is 2. The second kappa shape index (κ2) is 13.0. The van der Waals surface area contributed by atoms with Crippen LogP contribution in [0.5, 0.6) is 11.5 Å². The fourth-order valence-electron chi connectivity index (χ4n) is 3.08. The Morgan fingerprint density at radius 2 is 1.92 bits per heavy atom. The lowest BCUT2D eigenvalue weighted by molar-refractivity contribution is 0.183. The zero-order valence-corrected chi connectivity index (χ0v) is 22.3. The lowest BCUT2D eigenvalue weighted by Gasteiger charge is -2.16. The van der Waals surface area contributed by atoms with E-state index in [2.05, 4.69) is 20.1 Å². The van der Waals surface area contributed by atoms with E-state index in [0.717, 1.165) is 17.3 Å². The highest BCUT2D eigenvalue weighted by molar-refractivity contribution is 8.15. The molecular formula is C25H28FN5O5S. The number of halogens is 1. The van der Waals surface area contributed by atoms with Gasteiger partial charge in [0.25, 0.3) is 0 Å². The number of benzene rings is 2. The van der Waals surface area contributed by atoms with Crippen LogP contribution in [0.15, 0.2) is 50.9 Å². The van der Waals surface area contributed by atoms with E-state index in [1.165, 1.54) is 26.4 Å². The molecule has 0 aliphatic carbocycles. The van der Waals surface area contributed by atoms with E-state index < -0.39 is 11.9 Å². The van der Waals surface area contributed by atoms with E-state index in [0.29, 0.717) is 29.7 Å². The summed E-state index contributed by atoms with van der Waals surface area (Å²) in [5, 5.41) is 4.06. The molecule has 0 aliphatic rings. The van der Waals surface area contributed by atoms with Gasteiger partial charge in [0.15, 0.2) is 11.6 Å². The molecule has 1 amide bonds. The summed E-state index contributed by atoms with van der Waals surface area (Å²) in [6.07, 6.45) is 0.858. The van der Waals surface area contributed by atoms with E-state index in [9.17, 15) is 4.79 Å². The van der Waals surface area contributed by atoms with Crippen LogP contribution >= 0.6 is 11.8 Å². The van der Waals surface area contributed by atoms with Gasteiger partial charge in [0, 0.05) is 30.7 Å². The summed E-state index contributed by atoms with van der Waals surface area (Å²) in [6.45, 7) is 2.54. The number of likely N-dealkylation sites (N-methyl/N-ethyl adjacent to an activating group) is 1. The Bertz CT molecular complexity index is 1290. The quantitative estimate of drug-likeness (QED) is 0.285. The third kappa shape index (κ3) is 7.37. The molecule has 0 unspecified atom stereocenters. The summed E-state index contributed by atoms with van der Waals surface area (Å²) in [5.74, 6) is 0.558. The minimum atomic E-state index is -0.842. The number of carbonyl (C=O) groups excluding carboxylic acids is 1. The average molecular weight is 530 g/mol. The molecule has 0 saturated carbocycles. The molecule has 2 aromatic carbocycles. The number of aliphatic imine (C=N–C) groups is 2. The van der Waals surface area contributed by atoms with Gasteiger partial charge in [0.2, 0.25) is 11.7 Å². The van der Waals surface area contributed by atoms with Crippen LogP contribution in [0.4, 0.5) is 14.9 Å². The van der Waals surface area contributed by atoms with E-state index in [-0.39, 0.29) is 28.7 Å². The molecule has 0 radical (unpaired) electrons. The van der Waals surface area contributed by atoms with Crippen LogP contribution in [0.1, 0.15) is 11.5 Å². The SMILES string of the molecule is COC(=O)/N=C(\SC)C(=Nc1ccc(-c2noc(C)n2)cc1)c1cc(OC)cc(OCCN(C)C)c1F. The molecule has 0 saturated heterocycles. The lowest BCUT2D eigenvalue weighted by Crippen LogP contribution is -2.20. The monoisotopic (exact) mass is 529 g/mol. The van der Waals surface area contributed by atoms with Crippen LogP contribution in [-0.2, 0) is 4.74 Å². The zero-order chi connectivity index (χ0) is 26.9. The molecule has 0 fully saturated rings. The van der Waals surface area contributed by atoms with Crippen LogP contribution in [0.2, 0.25) is 0 Å². The van der Waals surface area contributed by atoms with Crippen LogP contribution in [0.25, 0.3) is 11.4 Å². The topological polar surface area (TPSA) is 112 Å². The van der Waals surface area contributed by atoms with Gasteiger partial charge >= 0.3 is 6.09 Å². The highest BCUT2D eigenvalue weighted by atomic mass is 32.2. The first-order chi connectivity index (χ1) is 17.7. The summed E-state index contributed by atoms with van der Waals surface area (Å²) in [6, 6.07) is 9.88. The number of ether oxygens (including phenoxy) is 3. The number of rotatable bonds is 9. The Labute approximate surface area is 218 Å². The predicted molar refractivity (Wildman–Crippen MR) is 141 cm³/mol. The van der Waals surface area contributed by atoms with Gasteiger partial charge in [-0.05, 0) is 50.7 Å². The van der Waals surface area contributed by atoms with Gasteiger partial charge in [-0.3, -0.25) is 0 Å². The largest absolute Gasteiger partial charge is 0.497 e. The van der Waals surface area contributed by atoms with Crippen LogP contribution < -0.4 is 9.47 Å². The number of hydrogen-bond acceptors (Lipinski definition) is 10. The van der Waals surface area contributed by atoms with Crippen molar-refractivity contribution in [1.29, 1.82) is 0 Å². The van der Waals surface area contributed by atoms with E-state index in [4.69, 9.17) is 18.7 Å². The van der Waals surface area contributed by atoms with Crippen LogP contribution in [-0.4, -0.2) is 79.6 Å². The molecule has 1 heterocycles. The Morgan fingerprint density at radius 3 is 2.49 bits per heavy atom. The van der Waals surface area contributed by atoms with Crippen molar-refractivity contribution in [3.8, 4) is 22.9 Å². The molecule has 10 nitrogen and oxygen atoms in total. The predicted octanol–water partition coefficient (Wildman–Crippen LogP) is 4.78. The zero-order valence-electron chi connectivity index (χ0n) is 21.4. The van der Waals surface area contributed by atoms with E-state index in [1.54, 1.807) is 37.4 Å². The molecule has 1 aromatic heterocycles. The summed E-state index contributed by atoms with van der Waals surface area (Å²) in [4.78, 5) is 26.7. The van der Waals surface area contributed by atoms with Crippen molar-refractivity contribution >= 4 is 34.3 Å². The molecule has 37 heavy (non-hydrogen) atoms. The summed E-state index contributed by atoms with van der Waals surface area (Å²) in [7, 11) is 6.46. The Morgan fingerprint density at radius 1 is 1.19 bits per heavy atom. The minimum absolute atomic E-state index is 0.00903. The maximum Gasteiger partial charge on any atom is 0.434 e. The summed E-state index contributed by atoms with van der Waals surface area (Å²) in [5.41, 5.74) is 1.35. The Balaban J connectivity index is 2.12. The van der Waals surface area contributed by atoms with Gasteiger partial charge in [-0.15, -0.1) is 11.8 Å². The fourth-order valence-corrected chi connectivity index (χ4v) is 3.60. The number of carbonyl (C=O) groups is 1. The van der Waals surface area contributed by atoms with Crippen LogP contribution in [0.3, 0.4) is 0 Å². The van der Waals surface area contributed by atoms with Gasteiger partial charge < -0.3 is 23.6 Å². The molecule has 0 spiro atoms. The molecule has 12 heteroatoms. The van der Waals surface area contributed by atoms with Gasteiger partial charge in [-0.25, -0.2) is 14.2 Å². The molecule has 0 bridgehead atoms. The maximum atomic E-state index is 15.8. The Kier molecular flexibility index (Phi) is 9.75. The second-order valence-corrected chi connectivity index (χ2v) is 8.67. The van der Waals surface area contributed by atoms with Gasteiger partial charge in [-0.1, -0.05) is 5.16 Å². The third-order valence-electron chi connectivity index (χ3n) is 4.96. The molecule has 3 aromatic rings. The van der Waals surface area contributed by atoms with E-state index in [1.807, 2.05) is 19.0 Å². The first-order valence-electron chi connectivity index (χ1n) is 11.1. The number of thioether (sulfide) groups is 1. The Hall–Kier alpha value is -3.77. The van der Waals surface area contributed by atoms with Crippen molar-refractivity contribution in [3.05, 3.63) is 53.7 Å². The van der Waals surface area contributed by atoms with Crippen molar-refractivity contribution in [3.63, 3.8) is 0 Å². The van der Waals surface area contributed by atoms with Crippen molar-refractivity contribution in [2.24, 2.45) is 9.98 Å². The highest BCUT2D eigenvalue weighted by Crippen LogP contribution is 2.31. The molecule has 0 aliphatic heterocycles. The van der Waals surface area contributed by atoms with E-state index >= 15 is 4.39 Å². The standard InChI is InChI=1S/C25H28FN5O5S/c1-15-27-23(30-36-15)16-7-9-17(10-8-16)28-22(24(37-6)29-25(32)34-5)19-13-18(33-4)14-20(21(19)26)35-12-11-31(2)3/h7-10,13-14H,11-12H2,1-6H3/b28-22?,29-24-. The number of amides is 1. The molecular weight excluding hydrogens is 501 g/mol. The smallest absolute Gasteiger partial charge is 0.434 e. The summed E-state index contributed by atoms with van der Waals surface area (Å²) < 4.78 is 36.6. The van der Waals surface area contributed by atoms with Crippen molar-refractivity contribution in [1.82, 2.24) is 15.0 Å². The molecule has 196 valence electrons. The number of aryl methyl sites for hydroxylation is 1. The third-order valence-corrected chi connectivity index (χ3v) is 5.63. The molecule has 0 N–H and O–H groups in total. The van der Waals surface area contributed by atoms with Crippen LogP contribution in [0, 0.1) is 12.7 Å². The van der Waals surface area contributed by atoms with Gasteiger partial charge in [-0.2, -0.15) is 9.98 Å². The first kappa shape index (κ1) is 27.8. The highest BCUT2D eigenvalue weighted by Gasteiger charge is 2.22. The first-order valence-corrected chi connectivity index (χ1v) is 12.3. The number of methoxy groups -OCH3 is 2. The molecule has 0 atom stereocenters. The van der Waals surface area contributed by atoms with Crippen molar-refractivity contribution < 1.29 is 27.9 Å². The van der Waals surface area contributed by atoms with Gasteiger partial charge in [0.1, 0.15) is 23.1 Å². The van der Waals surface area contributed by atoms with Crippen molar-refractivity contribution in [2.45, 2.75) is 6.92 Å². The van der Waals surface area contributed by atoms with Gasteiger partial charge in [0.05, 0.1) is 19.9 Å². The fraction of sp³-hybridized carbons (Fsp3) is 0.320. The summed E-state index contributed by atoms with van der Waals surface area (Å²) >= 11 is 1.12. The minimum Gasteiger partial charge on any atom is -0.497 e.